The third-order valence-corrected chi connectivity index (χ3v) is 2.22. The van der Waals surface area contributed by atoms with Crippen molar-refractivity contribution >= 4 is 5.69 Å². The summed E-state index contributed by atoms with van der Waals surface area (Å²) in [7, 11) is 0. The lowest BCUT2D eigenvalue weighted by Crippen LogP contribution is -2.31. The van der Waals surface area contributed by atoms with E-state index >= 15 is 0 Å². The van der Waals surface area contributed by atoms with Crippen LogP contribution in [0, 0.1) is 12.3 Å². The van der Waals surface area contributed by atoms with Gasteiger partial charge in [0, 0.05) is 5.69 Å². The number of hydrogen-bond donors (Lipinski definition) is 1. The summed E-state index contributed by atoms with van der Waals surface area (Å²) in [6.45, 7) is 4.11. The molecule has 1 nitrogen and oxygen atoms in total. The molecule has 0 aliphatic carbocycles. The Morgan fingerprint density at radius 2 is 2.00 bits per heavy atom. The van der Waals surface area contributed by atoms with E-state index in [1.54, 1.807) is 0 Å². The lowest BCUT2D eigenvalue weighted by Gasteiger charge is -2.24. The van der Waals surface area contributed by atoms with Gasteiger partial charge in [-0.05, 0) is 25.5 Å². The quantitative estimate of drug-likeness (QED) is 0.693. The van der Waals surface area contributed by atoms with Gasteiger partial charge in [-0.15, -0.1) is 6.42 Å². The number of nitrogens with one attached hydrogen (secondary N) is 1. The second kappa shape index (κ2) is 4.00. The third kappa shape index (κ3) is 2.52. The number of terminal acetylenes is 1. The molecular formula is C12H15N. The maximum atomic E-state index is 5.45. The number of para-hydroxylation sites is 1. The molecule has 1 atom stereocenters. The van der Waals surface area contributed by atoms with Crippen LogP contribution in [0.1, 0.15) is 20.3 Å². The zero-order chi connectivity index (χ0) is 9.73. The predicted molar refractivity (Wildman–Crippen MR) is 57.6 cm³/mol. The van der Waals surface area contributed by atoms with E-state index in [2.05, 4.69) is 18.2 Å². The van der Waals surface area contributed by atoms with Crippen molar-refractivity contribution in [3.8, 4) is 12.3 Å². The molecule has 0 fully saturated rings. The number of hydrogen-bond acceptors (Lipinski definition) is 1. The zero-order valence-corrected chi connectivity index (χ0v) is 8.17. The van der Waals surface area contributed by atoms with E-state index in [0.29, 0.717) is 0 Å². The van der Waals surface area contributed by atoms with Crippen molar-refractivity contribution in [2.75, 3.05) is 5.32 Å². The minimum Gasteiger partial charge on any atom is -0.369 e. The smallest absolute Gasteiger partial charge is 0.0953 e. The summed E-state index contributed by atoms with van der Waals surface area (Å²) >= 11 is 0. The lowest BCUT2D eigenvalue weighted by molar-refractivity contribution is 0.635. The molecule has 1 rings (SSSR count). The van der Waals surface area contributed by atoms with Gasteiger partial charge in [-0.3, -0.25) is 0 Å². The van der Waals surface area contributed by atoms with Crippen LogP contribution >= 0.6 is 0 Å². The molecule has 0 saturated carbocycles. The molecule has 68 valence electrons. The minimum absolute atomic E-state index is 0.235. The van der Waals surface area contributed by atoms with Crippen LogP contribution in [0.25, 0.3) is 0 Å². The summed E-state index contributed by atoms with van der Waals surface area (Å²) < 4.78 is 0. The second-order valence-corrected chi connectivity index (χ2v) is 3.32. The van der Waals surface area contributed by atoms with Crippen LogP contribution < -0.4 is 5.32 Å². The van der Waals surface area contributed by atoms with E-state index in [9.17, 15) is 0 Å². The van der Waals surface area contributed by atoms with Gasteiger partial charge in [0.05, 0.1) is 5.54 Å². The summed E-state index contributed by atoms with van der Waals surface area (Å²) in [4.78, 5) is 0. The van der Waals surface area contributed by atoms with E-state index in [-0.39, 0.29) is 5.54 Å². The van der Waals surface area contributed by atoms with Crippen molar-refractivity contribution in [1.82, 2.24) is 0 Å². The first-order chi connectivity index (χ1) is 6.20. The van der Waals surface area contributed by atoms with Gasteiger partial charge in [0.1, 0.15) is 0 Å². The first-order valence-electron chi connectivity index (χ1n) is 4.51. The highest BCUT2D eigenvalue weighted by Gasteiger charge is 2.17. The summed E-state index contributed by atoms with van der Waals surface area (Å²) in [5, 5.41) is 3.32. The van der Waals surface area contributed by atoms with Crippen LogP contribution in [0.15, 0.2) is 30.3 Å². The van der Waals surface area contributed by atoms with Crippen molar-refractivity contribution in [3.05, 3.63) is 30.3 Å². The molecule has 0 amide bonds. The van der Waals surface area contributed by atoms with E-state index in [1.807, 2.05) is 37.3 Å². The average molecular weight is 173 g/mol. The van der Waals surface area contributed by atoms with Crippen LogP contribution in [-0.2, 0) is 0 Å². The number of rotatable bonds is 3. The van der Waals surface area contributed by atoms with Crippen molar-refractivity contribution in [2.24, 2.45) is 0 Å². The monoisotopic (exact) mass is 173 g/mol. The predicted octanol–water partition coefficient (Wildman–Crippen LogP) is 2.90. The Bertz CT molecular complexity index is 297. The molecule has 1 N–H and O–H groups in total. The van der Waals surface area contributed by atoms with E-state index < -0.39 is 0 Å². The molecule has 1 aromatic rings. The Labute approximate surface area is 80.2 Å². The fraction of sp³-hybridized carbons (Fsp3) is 0.333. The number of anilines is 1. The Hall–Kier alpha value is -1.42. The fourth-order valence-corrected chi connectivity index (χ4v) is 1.07. The molecule has 0 aliphatic heterocycles. The van der Waals surface area contributed by atoms with Gasteiger partial charge in [0.2, 0.25) is 0 Å². The minimum atomic E-state index is -0.235. The largest absolute Gasteiger partial charge is 0.369 e. The van der Waals surface area contributed by atoms with Crippen LogP contribution in [-0.4, -0.2) is 5.54 Å². The summed E-state index contributed by atoms with van der Waals surface area (Å²) in [6.07, 6.45) is 6.37. The second-order valence-electron chi connectivity index (χ2n) is 3.32. The molecular weight excluding hydrogens is 158 g/mol. The van der Waals surface area contributed by atoms with Gasteiger partial charge in [0.15, 0.2) is 0 Å². The number of benzene rings is 1. The molecule has 1 aromatic carbocycles. The summed E-state index contributed by atoms with van der Waals surface area (Å²) in [5.74, 6) is 2.77. The van der Waals surface area contributed by atoms with Crippen LogP contribution in [0.3, 0.4) is 0 Å². The maximum absolute atomic E-state index is 5.45. The molecule has 0 heterocycles. The molecule has 13 heavy (non-hydrogen) atoms. The average Bonchev–Trinajstić information content (AvgIpc) is 2.19. The zero-order valence-electron chi connectivity index (χ0n) is 8.17. The highest BCUT2D eigenvalue weighted by atomic mass is 15.0. The highest BCUT2D eigenvalue weighted by Crippen LogP contribution is 2.16. The van der Waals surface area contributed by atoms with Crippen LogP contribution in [0.2, 0.25) is 0 Å². The molecule has 0 spiro atoms. The molecule has 0 aromatic heterocycles. The Morgan fingerprint density at radius 1 is 1.38 bits per heavy atom. The topological polar surface area (TPSA) is 12.0 Å². The Kier molecular flexibility index (Phi) is 2.97. The Morgan fingerprint density at radius 3 is 2.46 bits per heavy atom. The molecule has 1 unspecified atom stereocenters. The van der Waals surface area contributed by atoms with Gasteiger partial charge in [-0.1, -0.05) is 31.0 Å². The fourth-order valence-electron chi connectivity index (χ4n) is 1.07. The standard InChI is InChI=1S/C12H15N/c1-4-12(3,5-2)13-11-9-7-6-8-10-11/h1,6-10,13H,5H2,2-3H3. The summed E-state index contributed by atoms with van der Waals surface area (Å²) in [5.41, 5.74) is 0.839. The van der Waals surface area contributed by atoms with Crippen LogP contribution in [0.5, 0.6) is 0 Å². The molecule has 0 bridgehead atoms. The van der Waals surface area contributed by atoms with E-state index in [1.165, 1.54) is 0 Å². The van der Waals surface area contributed by atoms with E-state index in [0.717, 1.165) is 12.1 Å². The molecule has 1 heteroatoms. The first kappa shape index (κ1) is 9.67. The summed E-state index contributed by atoms with van der Waals surface area (Å²) in [6, 6.07) is 10.0. The van der Waals surface area contributed by atoms with Gasteiger partial charge < -0.3 is 5.32 Å². The SMILES string of the molecule is C#CC(C)(CC)Nc1ccccc1. The molecule has 0 aliphatic rings. The van der Waals surface area contributed by atoms with Gasteiger partial charge in [0.25, 0.3) is 0 Å². The van der Waals surface area contributed by atoms with Crippen molar-refractivity contribution in [1.29, 1.82) is 0 Å². The van der Waals surface area contributed by atoms with Gasteiger partial charge in [-0.25, -0.2) is 0 Å². The van der Waals surface area contributed by atoms with Crippen LogP contribution in [0.4, 0.5) is 5.69 Å². The highest BCUT2D eigenvalue weighted by molar-refractivity contribution is 5.47. The van der Waals surface area contributed by atoms with Crippen molar-refractivity contribution in [3.63, 3.8) is 0 Å². The molecule has 0 saturated heterocycles. The van der Waals surface area contributed by atoms with Gasteiger partial charge >= 0.3 is 0 Å². The lowest BCUT2D eigenvalue weighted by atomic mass is 10.00. The third-order valence-electron chi connectivity index (χ3n) is 2.22. The first-order valence-corrected chi connectivity index (χ1v) is 4.51. The van der Waals surface area contributed by atoms with Crippen molar-refractivity contribution in [2.45, 2.75) is 25.8 Å². The normalized spacial score (nSPS) is 14.2. The van der Waals surface area contributed by atoms with Crippen molar-refractivity contribution < 1.29 is 0 Å². The van der Waals surface area contributed by atoms with E-state index in [4.69, 9.17) is 6.42 Å². The Balaban J connectivity index is 2.75. The van der Waals surface area contributed by atoms with Gasteiger partial charge in [-0.2, -0.15) is 0 Å². The molecule has 0 radical (unpaired) electrons. The maximum Gasteiger partial charge on any atom is 0.0953 e.